The predicted molar refractivity (Wildman–Crippen MR) is 158 cm³/mol. The van der Waals surface area contributed by atoms with E-state index in [0.717, 1.165) is 70.7 Å². The summed E-state index contributed by atoms with van der Waals surface area (Å²) in [5.74, 6) is 0.441. The Morgan fingerprint density at radius 2 is 1.87 bits per heavy atom. The fourth-order valence-electron chi connectivity index (χ4n) is 4.55. The minimum Gasteiger partial charge on any atom is -0.372 e. The topological polar surface area (TPSA) is 78.3 Å². The standard InChI is InChI=1S/C30H37N7O/c1-7-11-21-16-28(36(5)15-14-35(3)4)26(34-30(38)8-2)17-24(21)33-29-18-25(31-20-32-29)23-19-37(6)27-13-10-9-12-22(23)27/h8-10,12-13,16-20H,2,7,11,14-15H2,1,3-6H3,(H,34,38)(H,31,32,33). The van der Waals surface area contributed by atoms with Gasteiger partial charge in [-0.05, 0) is 50.4 Å². The lowest BCUT2D eigenvalue weighted by molar-refractivity contribution is -0.111. The van der Waals surface area contributed by atoms with Crippen molar-refractivity contribution in [3.63, 3.8) is 0 Å². The molecule has 2 N–H and O–H groups in total. The van der Waals surface area contributed by atoms with E-state index in [1.165, 1.54) is 6.08 Å². The van der Waals surface area contributed by atoms with E-state index in [2.05, 4.69) is 87.0 Å². The van der Waals surface area contributed by atoms with Gasteiger partial charge in [0.1, 0.15) is 12.1 Å². The normalized spacial score (nSPS) is 11.1. The molecule has 8 heteroatoms. The SMILES string of the molecule is C=CC(=O)Nc1cc(Nc2cc(-c3cn(C)c4ccccc34)ncn2)c(CCC)cc1N(C)CCN(C)C. The maximum atomic E-state index is 12.3. The van der Waals surface area contributed by atoms with Crippen molar-refractivity contribution in [2.75, 3.05) is 49.8 Å². The molecule has 38 heavy (non-hydrogen) atoms. The van der Waals surface area contributed by atoms with E-state index in [0.29, 0.717) is 5.82 Å². The zero-order valence-corrected chi connectivity index (χ0v) is 23.0. The van der Waals surface area contributed by atoms with Crippen molar-refractivity contribution >= 4 is 39.7 Å². The molecule has 0 atom stereocenters. The second-order valence-corrected chi connectivity index (χ2v) is 9.78. The summed E-state index contributed by atoms with van der Waals surface area (Å²) in [7, 11) is 8.20. The van der Waals surface area contributed by atoms with Crippen molar-refractivity contribution in [2.45, 2.75) is 19.8 Å². The summed E-state index contributed by atoms with van der Waals surface area (Å²) in [6.07, 6.45) is 6.84. The number of amides is 1. The van der Waals surface area contributed by atoms with E-state index in [1.807, 2.05) is 38.4 Å². The highest BCUT2D eigenvalue weighted by Crippen LogP contribution is 2.35. The number of rotatable bonds is 11. The number of likely N-dealkylation sites (N-methyl/N-ethyl adjacent to an activating group) is 2. The van der Waals surface area contributed by atoms with Gasteiger partial charge >= 0.3 is 0 Å². The molecule has 0 aliphatic heterocycles. The summed E-state index contributed by atoms with van der Waals surface area (Å²) in [5.41, 5.74) is 6.80. The third-order valence-corrected chi connectivity index (χ3v) is 6.58. The number of fused-ring (bicyclic) bond motifs is 1. The van der Waals surface area contributed by atoms with Crippen LogP contribution in [0.4, 0.5) is 22.9 Å². The van der Waals surface area contributed by atoms with Gasteiger partial charge in [-0.2, -0.15) is 0 Å². The molecule has 0 saturated carbocycles. The molecule has 4 aromatic rings. The van der Waals surface area contributed by atoms with E-state index in [9.17, 15) is 4.79 Å². The molecule has 0 bridgehead atoms. The Morgan fingerprint density at radius 1 is 1.08 bits per heavy atom. The Balaban J connectivity index is 1.73. The first kappa shape index (κ1) is 26.9. The second kappa shape index (κ2) is 11.9. The van der Waals surface area contributed by atoms with Crippen LogP contribution >= 0.6 is 0 Å². The summed E-state index contributed by atoms with van der Waals surface area (Å²) < 4.78 is 2.11. The first-order valence-corrected chi connectivity index (χ1v) is 12.9. The number of aromatic nitrogens is 3. The Labute approximate surface area is 225 Å². The Bertz CT molecular complexity index is 1440. The molecule has 2 aromatic heterocycles. The quantitative estimate of drug-likeness (QED) is 0.261. The van der Waals surface area contributed by atoms with E-state index in [4.69, 9.17) is 0 Å². The fraction of sp³-hybridized carbons (Fsp3) is 0.300. The largest absolute Gasteiger partial charge is 0.372 e. The van der Waals surface area contributed by atoms with Crippen LogP contribution < -0.4 is 15.5 Å². The first-order valence-electron chi connectivity index (χ1n) is 12.9. The number of hydrogen-bond donors (Lipinski definition) is 2. The third-order valence-electron chi connectivity index (χ3n) is 6.58. The molecule has 1 amide bonds. The Kier molecular flexibility index (Phi) is 8.43. The zero-order valence-electron chi connectivity index (χ0n) is 23.0. The first-order chi connectivity index (χ1) is 18.3. The molecule has 0 radical (unpaired) electrons. The highest BCUT2D eigenvalue weighted by Gasteiger charge is 2.16. The highest BCUT2D eigenvalue weighted by atomic mass is 16.1. The second-order valence-electron chi connectivity index (χ2n) is 9.78. The van der Waals surface area contributed by atoms with Crippen molar-refractivity contribution in [3.05, 3.63) is 73.2 Å². The minimum atomic E-state index is -0.248. The monoisotopic (exact) mass is 511 g/mol. The number of nitrogens with zero attached hydrogens (tertiary/aromatic N) is 5. The zero-order chi connectivity index (χ0) is 27.2. The average Bonchev–Trinajstić information content (AvgIpc) is 3.25. The van der Waals surface area contributed by atoms with Crippen LogP contribution in [-0.2, 0) is 18.3 Å². The molecule has 0 saturated heterocycles. The fourth-order valence-corrected chi connectivity index (χ4v) is 4.55. The Morgan fingerprint density at radius 3 is 2.61 bits per heavy atom. The molecule has 2 heterocycles. The lowest BCUT2D eigenvalue weighted by Gasteiger charge is -2.26. The van der Waals surface area contributed by atoms with Crippen LogP contribution in [0.3, 0.4) is 0 Å². The molecule has 8 nitrogen and oxygen atoms in total. The van der Waals surface area contributed by atoms with Crippen LogP contribution in [0.2, 0.25) is 0 Å². The maximum absolute atomic E-state index is 12.3. The van der Waals surface area contributed by atoms with Gasteiger partial charge in [-0.1, -0.05) is 38.1 Å². The van der Waals surface area contributed by atoms with Gasteiger partial charge in [-0.3, -0.25) is 4.79 Å². The molecule has 0 spiro atoms. The molecule has 0 unspecified atom stereocenters. The van der Waals surface area contributed by atoms with Crippen LogP contribution in [0, 0.1) is 0 Å². The molecule has 198 valence electrons. The van der Waals surface area contributed by atoms with Gasteiger partial charge < -0.3 is 25.0 Å². The Hall–Kier alpha value is -4.17. The number of carbonyl (C=O) groups excluding carboxylic acids is 1. The van der Waals surface area contributed by atoms with Crippen LogP contribution in [0.15, 0.2) is 67.6 Å². The van der Waals surface area contributed by atoms with Crippen LogP contribution in [0.1, 0.15) is 18.9 Å². The summed E-state index contributed by atoms with van der Waals surface area (Å²) in [6, 6.07) is 14.4. The summed E-state index contributed by atoms with van der Waals surface area (Å²) >= 11 is 0. The van der Waals surface area contributed by atoms with Crippen molar-refractivity contribution in [2.24, 2.45) is 7.05 Å². The number of carbonyl (C=O) groups is 1. The summed E-state index contributed by atoms with van der Waals surface area (Å²) in [6.45, 7) is 7.50. The van der Waals surface area contributed by atoms with Crippen molar-refractivity contribution < 1.29 is 4.79 Å². The van der Waals surface area contributed by atoms with Gasteiger partial charge in [0.05, 0.1) is 17.1 Å². The minimum absolute atomic E-state index is 0.248. The number of benzene rings is 2. The van der Waals surface area contributed by atoms with Crippen LogP contribution in [0.5, 0.6) is 0 Å². The number of aryl methyl sites for hydroxylation is 2. The molecule has 4 rings (SSSR count). The summed E-state index contributed by atoms with van der Waals surface area (Å²) in [5, 5.41) is 7.65. The lowest BCUT2D eigenvalue weighted by atomic mass is 10.0. The molecule has 0 aliphatic rings. The van der Waals surface area contributed by atoms with Crippen molar-refractivity contribution in [1.29, 1.82) is 0 Å². The molecule has 0 fully saturated rings. The molecular formula is C30H37N7O. The predicted octanol–water partition coefficient (Wildman–Crippen LogP) is 5.45. The lowest BCUT2D eigenvalue weighted by Crippen LogP contribution is -2.29. The third kappa shape index (κ3) is 6.03. The highest BCUT2D eigenvalue weighted by molar-refractivity contribution is 6.02. The van der Waals surface area contributed by atoms with E-state index in [-0.39, 0.29) is 5.91 Å². The number of anilines is 4. The summed E-state index contributed by atoms with van der Waals surface area (Å²) in [4.78, 5) is 25.7. The number of nitrogens with one attached hydrogen (secondary N) is 2. The maximum Gasteiger partial charge on any atom is 0.247 e. The number of hydrogen-bond acceptors (Lipinski definition) is 6. The van der Waals surface area contributed by atoms with Crippen molar-refractivity contribution in [3.8, 4) is 11.3 Å². The smallest absolute Gasteiger partial charge is 0.247 e. The van der Waals surface area contributed by atoms with Crippen molar-refractivity contribution in [1.82, 2.24) is 19.4 Å². The van der Waals surface area contributed by atoms with E-state index in [1.54, 1.807) is 6.33 Å². The molecule has 0 aliphatic carbocycles. The van der Waals surface area contributed by atoms with Gasteiger partial charge in [0, 0.05) is 61.6 Å². The van der Waals surface area contributed by atoms with E-state index < -0.39 is 0 Å². The van der Waals surface area contributed by atoms with Gasteiger partial charge in [0.15, 0.2) is 0 Å². The van der Waals surface area contributed by atoms with Gasteiger partial charge in [-0.25, -0.2) is 9.97 Å². The van der Waals surface area contributed by atoms with Gasteiger partial charge in [0.2, 0.25) is 5.91 Å². The molecular weight excluding hydrogens is 474 g/mol. The van der Waals surface area contributed by atoms with Crippen LogP contribution in [-0.4, -0.2) is 59.6 Å². The average molecular weight is 512 g/mol. The van der Waals surface area contributed by atoms with Gasteiger partial charge in [-0.15, -0.1) is 0 Å². The molecule has 2 aromatic carbocycles. The van der Waals surface area contributed by atoms with Crippen LogP contribution in [0.25, 0.3) is 22.2 Å². The van der Waals surface area contributed by atoms with E-state index >= 15 is 0 Å². The van der Waals surface area contributed by atoms with Gasteiger partial charge in [0.25, 0.3) is 0 Å². The number of para-hydroxylation sites is 1.